The predicted octanol–water partition coefficient (Wildman–Crippen LogP) is -1.08. The fraction of sp³-hybridized carbons (Fsp3) is 0.429. The van der Waals surface area contributed by atoms with Crippen LogP contribution in [0.25, 0.3) is 0 Å². The van der Waals surface area contributed by atoms with Crippen LogP contribution < -0.4 is 11.2 Å². The third kappa shape index (κ3) is 1.82. The van der Waals surface area contributed by atoms with Crippen molar-refractivity contribution in [3.63, 3.8) is 0 Å². The predicted molar refractivity (Wildman–Crippen MR) is 43.0 cm³/mol. The summed E-state index contributed by atoms with van der Waals surface area (Å²) >= 11 is 0. The third-order valence-corrected chi connectivity index (χ3v) is 1.48. The van der Waals surface area contributed by atoms with Crippen molar-refractivity contribution in [2.24, 2.45) is 0 Å². The molecule has 0 aliphatic rings. The zero-order chi connectivity index (χ0) is 8.97. The van der Waals surface area contributed by atoms with Crippen LogP contribution in [0.4, 0.5) is 0 Å². The van der Waals surface area contributed by atoms with Crippen LogP contribution in [0, 0.1) is 0 Å². The molecule has 0 fully saturated rings. The first kappa shape index (κ1) is 8.73. The number of aromatic nitrogens is 2. The summed E-state index contributed by atoms with van der Waals surface area (Å²) in [6.45, 7) is 0.228. The Labute approximate surface area is 68.3 Å². The van der Waals surface area contributed by atoms with E-state index in [1.807, 2.05) is 0 Å². The second-order valence-corrected chi connectivity index (χ2v) is 2.35. The summed E-state index contributed by atoms with van der Waals surface area (Å²) in [6, 6.07) is 1.28. The topological polar surface area (TPSA) is 75.1 Å². The van der Waals surface area contributed by atoms with Gasteiger partial charge in [0.05, 0.1) is 0 Å². The summed E-state index contributed by atoms with van der Waals surface area (Å²) < 4.78 is 1.05. The molecular weight excluding hydrogens is 160 g/mol. The van der Waals surface area contributed by atoms with Crippen molar-refractivity contribution in [3.8, 4) is 0 Å². The molecule has 0 unspecified atom stereocenters. The monoisotopic (exact) mass is 170 g/mol. The average molecular weight is 170 g/mol. The minimum atomic E-state index is -0.434. The van der Waals surface area contributed by atoms with E-state index in [9.17, 15) is 9.59 Å². The van der Waals surface area contributed by atoms with E-state index in [1.165, 1.54) is 12.3 Å². The van der Waals surface area contributed by atoms with Crippen molar-refractivity contribution in [2.45, 2.75) is 13.0 Å². The molecule has 5 heteroatoms. The minimum Gasteiger partial charge on any atom is -0.396 e. The Balaban J connectivity index is 2.97. The number of nitrogens with zero attached hydrogens (tertiary/aromatic N) is 1. The molecule has 0 aromatic carbocycles. The van der Waals surface area contributed by atoms with Gasteiger partial charge in [0, 0.05) is 25.4 Å². The first-order valence-electron chi connectivity index (χ1n) is 3.65. The van der Waals surface area contributed by atoms with Gasteiger partial charge in [0.25, 0.3) is 5.56 Å². The summed E-state index contributed by atoms with van der Waals surface area (Å²) in [5.41, 5.74) is -0.775. The van der Waals surface area contributed by atoms with Gasteiger partial charge in [-0.3, -0.25) is 9.36 Å². The summed E-state index contributed by atoms with van der Waals surface area (Å²) in [4.78, 5) is 24.4. The molecule has 0 radical (unpaired) electrons. The van der Waals surface area contributed by atoms with E-state index in [0.717, 1.165) is 4.57 Å². The van der Waals surface area contributed by atoms with Crippen LogP contribution in [0.5, 0.6) is 0 Å². The molecule has 0 saturated carbocycles. The van der Waals surface area contributed by atoms with Crippen LogP contribution in [0.3, 0.4) is 0 Å². The molecule has 0 bridgehead atoms. The summed E-state index contributed by atoms with van der Waals surface area (Å²) in [6.07, 6.45) is 1.72. The fourth-order valence-corrected chi connectivity index (χ4v) is 0.893. The van der Waals surface area contributed by atoms with Crippen molar-refractivity contribution in [1.82, 2.24) is 9.55 Å². The summed E-state index contributed by atoms with van der Waals surface area (Å²) in [5.74, 6) is 0. The number of aliphatic hydroxyl groups is 1. The first-order chi connectivity index (χ1) is 5.75. The Hall–Kier alpha value is -1.36. The van der Waals surface area contributed by atoms with Gasteiger partial charge in [-0.25, -0.2) is 4.79 Å². The van der Waals surface area contributed by atoms with Gasteiger partial charge >= 0.3 is 5.69 Å². The van der Waals surface area contributed by atoms with Crippen molar-refractivity contribution >= 4 is 0 Å². The number of hydrogen-bond acceptors (Lipinski definition) is 3. The maximum atomic E-state index is 11.0. The standard InChI is InChI=1S/C7H10N2O3/c10-5-1-4-9-6(11)2-3-8-7(9)12/h2-3,10H,1,4-5H2,(H,8,12). The fourth-order valence-electron chi connectivity index (χ4n) is 0.893. The average Bonchev–Trinajstić information content (AvgIpc) is 2.04. The van der Waals surface area contributed by atoms with Gasteiger partial charge in [0.1, 0.15) is 0 Å². The molecule has 0 aliphatic carbocycles. The second kappa shape index (κ2) is 3.87. The molecule has 2 N–H and O–H groups in total. The van der Waals surface area contributed by atoms with Crippen LogP contribution >= 0.6 is 0 Å². The van der Waals surface area contributed by atoms with E-state index in [-0.39, 0.29) is 18.7 Å². The SMILES string of the molecule is O=c1cc[nH]c(=O)n1CCCO. The van der Waals surface area contributed by atoms with Gasteiger partial charge in [-0.05, 0) is 6.42 Å². The lowest BCUT2D eigenvalue weighted by molar-refractivity contribution is 0.278. The van der Waals surface area contributed by atoms with E-state index in [1.54, 1.807) is 0 Å². The number of nitrogens with one attached hydrogen (secondary N) is 1. The summed E-state index contributed by atoms with van der Waals surface area (Å²) in [7, 11) is 0. The van der Waals surface area contributed by atoms with Crippen molar-refractivity contribution < 1.29 is 5.11 Å². The Morgan fingerprint density at radius 1 is 1.50 bits per heavy atom. The normalized spacial score (nSPS) is 10.1. The molecule has 0 saturated heterocycles. The first-order valence-corrected chi connectivity index (χ1v) is 3.65. The quantitative estimate of drug-likeness (QED) is 0.605. The van der Waals surface area contributed by atoms with Gasteiger partial charge in [-0.1, -0.05) is 0 Å². The van der Waals surface area contributed by atoms with E-state index >= 15 is 0 Å². The van der Waals surface area contributed by atoms with Crippen LogP contribution in [0.15, 0.2) is 21.9 Å². The molecular formula is C7H10N2O3. The molecule has 0 atom stereocenters. The molecule has 1 aromatic rings. The highest BCUT2D eigenvalue weighted by molar-refractivity contribution is 4.82. The third-order valence-electron chi connectivity index (χ3n) is 1.48. The van der Waals surface area contributed by atoms with E-state index in [4.69, 9.17) is 5.11 Å². The number of aliphatic hydroxyl groups excluding tert-OH is 1. The maximum Gasteiger partial charge on any atom is 0.328 e. The molecule has 66 valence electrons. The van der Waals surface area contributed by atoms with Gasteiger partial charge in [-0.15, -0.1) is 0 Å². The van der Waals surface area contributed by atoms with Gasteiger partial charge in [0.15, 0.2) is 0 Å². The molecule has 1 aromatic heterocycles. The highest BCUT2D eigenvalue weighted by Crippen LogP contribution is 1.78. The zero-order valence-electron chi connectivity index (χ0n) is 6.49. The van der Waals surface area contributed by atoms with Crippen LogP contribution in [0.2, 0.25) is 0 Å². The lowest BCUT2D eigenvalue weighted by atomic mass is 10.4. The largest absolute Gasteiger partial charge is 0.396 e. The molecule has 0 amide bonds. The van der Waals surface area contributed by atoms with Crippen molar-refractivity contribution in [2.75, 3.05) is 6.61 Å². The highest BCUT2D eigenvalue weighted by atomic mass is 16.3. The van der Waals surface area contributed by atoms with Crippen LogP contribution in [-0.4, -0.2) is 21.3 Å². The molecule has 1 heterocycles. The molecule has 0 aliphatic heterocycles. The lowest BCUT2D eigenvalue weighted by Gasteiger charge is -1.99. The smallest absolute Gasteiger partial charge is 0.328 e. The minimum absolute atomic E-state index is 0.0270. The number of hydrogen-bond donors (Lipinski definition) is 2. The lowest BCUT2D eigenvalue weighted by Crippen LogP contribution is -2.34. The van der Waals surface area contributed by atoms with E-state index < -0.39 is 5.69 Å². The Bertz CT molecular complexity index is 324. The molecule has 1 rings (SSSR count). The highest BCUT2D eigenvalue weighted by Gasteiger charge is 1.97. The Kier molecular flexibility index (Phi) is 2.82. The van der Waals surface area contributed by atoms with Crippen molar-refractivity contribution in [3.05, 3.63) is 33.1 Å². The second-order valence-electron chi connectivity index (χ2n) is 2.35. The molecule has 12 heavy (non-hydrogen) atoms. The van der Waals surface area contributed by atoms with Gasteiger partial charge in [-0.2, -0.15) is 0 Å². The van der Waals surface area contributed by atoms with Crippen LogP contribution in [0.1, 0.15) is 6.42 Å². The van der Waals surface area contributed by atoms with Crippen molar-refractivity contribution in [1.29, 1.82) is 0 Å². The van der Waals surface area contributed by atoms with Gasteiger partial charge < -0.3 is 10.1 Å². The number of rotatable bonds is 3. The van der Waals surface area contributed by atoms with Gasteiger partial charge in [0.2, 0.25) is 0 Å². The summed E-state index contributed by atoms with van der Waals surface area (Å²) in [5, 5.41) is 8.48. The Morgan fingerprint density at radius 3 is 2.83 bits per heavy atom. The Morgan fingerprint density at radius 2 is 2.25 bits per heavy atom. The van der Waals surface area contributed by atoms with E-state index in [2.05, 4.69) is 4.98 Å². The number of aromatic amines is 1. The van der Waals surface area contributed by atoms with Crippen LogP contribution in [-0.2, 0) is 6.54 Å². The molecule has 0 spiro atoms. The maximum absolute atomic E-state index is 11.0. The number of H-pyrrole nitrogens is 1. The molecule has 5 nitrogen and oxygen atoms in total. The van der Waals surface area contributed by atoms with E-state index in [0.29, 0.717) is 6.42 Å². The zero-order valence-corrected chi connectivity index (χ0v) is 6.49.